The first kappa shape index (κ1) is 16.5. The van der Waals surface area contributed by atoms with E-state index in [4.69, 9.17) is 10.5 Å². The predicted octanol–water partition coefficient (Wildman–Crippen LogP) is 2.78. The van der Waals surface area contributed by atoms with Gasteiger partial charge in [-0.15, -0.1) is 0 Å². The molecule has 3 N–H and O–H groups in total. The maximum Gasteiger partial charge on any atom is 0.240 e. The smallest absolute Gasteiger partial charge is 0.240 e. The van der Waals surface area contributed by atoms with E-state index in [2.05, 4.69) is 5.32 Å². The van der Waals surface area contributed by atoms with E-state index in [0.717, 1.165) is 17.7 Å². The van der Waals surface area contributed by atoms with Gasteiger partial charge in [0.05, 0.1) is 18.7 Å². The highest BCUT2D eigenvalue weighted by molar-refractivity contribution is 5.86. The van der Waals surface area contributed by atoms with Crippen molar-refractivity contribution >= 4 is 5.91 Å². The van der Waals surface area contributed by atoms with Crippen LogP contribution in [-0.4, -0.2) is 18.6 Å². The monoisotopic (exact) mass is 278 g/mol. The Morgan fingerprint density at radius 3 is 2.20 bits per heavy atom. The van der Waals surface area contributed by atoms with E-state index >= 15 is 0 Å². The SMILES string of the molecule is CCC(NC(=O)C(N)(CC)CC)c1ccc(OC)cc1. The lowest BCUT2D eigenvalue weighted by atomic mass is 9.92. The summed E-state index contributed by atoms with van der Waals surface area (Å²) in [4.78, 5) is 12.3. The Bertz CT molecular complexity index is 425. The molecule has 112 valence electrons. The fourth-order valence-corrected chi connectivity index (χ4v) is 2.13. The molecule has 0 aromatic heterocycles. The van der Waals surface area contributed by atoms with Gasteiger partial charge in [-0.05, 0) is 37.0 Å². The first-order valence-electron chi connectivity index (χ1n) is 7.24. The van der Waals surface area contributed by atoms with Gasteiger partial charge in [0.1, 0.15) is 5.75 Å². The van der Waals surface area contributed by atoms with Crippen LogP contribution in [0, 0.1) is 0 Å². The number of hydrogen-bond donors (Lipinski definition) is 2. The zero-order chi connectivity index (χ0) is 15.2. The third-order valence-corrected chi connectivity index (χ3v) is 3.95. The fourth-order valence-electron chi connectivity index (χ4n) is 2.13. The van der Waals surface area contributed by atoms with Crippen molar-refractivity contribution in [2.24, 2.45) is 5.73 Å². The van der Waals surface area contributed by atoms with Gasteiger partial charge in [-0.2, -0.15) is 0 Å². The topological polar surface area (TPSA) is 64.4 Å². The molecule has 1 aromatic rings. The van der Waals surface area contributed by atoms with Crippen LogP contribution in [0.25, 0.3) is 0 Å². The van der Waals surface area contributed by atoms with Gasteiger partial charge in [0.2, 0.25) is 5.91 Å². The largest absolute Gasteiger partial charge is 0.497 e. The summed E-state index contributed by atoms with van der Waals surface area (Å²) in [5, 5.41) is 3.06. The molecule has 0 saturated heterocycles. The molecule has 1 atom stereocenters. The van der Waals surface area contributed by atoms with Crippen molar-refractivity contribution in [1.29, 1.82) is 0 Å². The molecule has 1 rings (SSSR count). The zero-order valence-electron chi connectivity index (χ0n) is 12.9. The quantitative estimate of drug-likeness (QED) is 0.806. The summed E-state index contributed by atoms with van der Waals surface area (Å²) >= 11 is 0. The van der Waals surface area contributed by atoms with Gasteiger partial charge in [-0.1, -0.05) is 32.9 Å². The molecule has 4 nitrogen and oxygen atoms in total. The number of amides is 1. The predicted molar refractivity (Wildman–Crippen MR) is 81.7 cm³/mol. The van der Waals surface area contributed by atoms with Crippen molar-refractivity contribution in [2.75, 3.05) is 7.11 Å². The Kier molecular flexibility index (Phi) is 6.02. The summed E-state index contributed by atoms with van der Waals surface area (Å²) < 4.78 is 5.15. The molecule has 0 spiro atoms. The van der Waals surface area contributed by atoms with E-state index in [1.54, 1.807) is 7.11 Å². The summed E-state index contributed by atoms with van der Waals surface area (Å²) in [5.41, 5.74) is 6.42. The number of ether oxygens (including phenoxy) is 1. The number of carbonyl (C=O) groups is 1. The molecule has 0 aliphatic carbocycles. The summed E-state index contributed by atoms with van der Waals surface area (Å²) in [6.07, 6.45) is 2.09. The Balaban J connectivity index is 2.83. The minimum absolute atomic E-state index is 0.0190. The number of carbonyl (C=O) groups excluding carboxylic acids is 1. The van der Waals surface area contributed by atoms with Crippen LogP contribution in [0.4, 0.5) is 0 Å². The van der Waals surface area contributed by atoms with Crippen LogP contribution in [0.3, 0.4) is 0 Å². The molecule has 0 bridgehead atoms. The van der Waals surface area contributed by atoms with Crippen LogP contribution in [-0.2, 0) is 4.79 Å². The van der Waals surface area contributed by atoms with E-state index in [9.17, 15) is 4.79 Å². The van der Waals surface area contributed by atoms with Crippen molar-refractivity contribution in [3.8, 4) is 5.75 Å². The highest BCUT2D eigenvalue weighted by atomic mass is 16.5. The molecule has 1 unspecified atom stereocenters. The minimum atomic E-state index is -0.778. The lowest BCUT2D eigenvalue weighted by Gasteiger charge is -2.28. The first-order valence-corrected chi connectivity index (χ1v) is 7.24. The lowest BCUT2D eigenvalue weighted by Crippen LogP contribution is -2.53. The Morgan fingerprint density at radius 1 is 1.25 bits per heavy atom. The van der Waals surface area contributed by atoms with Gasteiger partial charge >= 0.3 is 0 Å². The van der Waals surface area contributed by atoms with Gasteiger partial charge in [0.25, 0.3) is 0 Å². The van der Waals surface area contributed by atoms with E-state index in [-0.39, 0.29) is 11.9 Å². The van der Waals surface area contributed by atoms with Crippen LogP contribution in [0.2, 0.25) is 0 Å². The van der Waals surface area contributed by atoms with Crippen LogP contribution in [0.15, 0.2) is 24.3 Å². The molecular weight excluding hydrogens is 252 g/mol. The second-order valence-corrected chi connectivity index (χ2v) is 5.07. The van der Waals surface area contributed by atoms with Crippen LogP contribution in [0.5, 0.6) is 5.75 Å². The van der Waals surface area contributed by atoms with Gasteiger partial charge < -0.3 is 15.8 Å². The molecule has 0 aliphatic heterocycles. The van der Waals surface area contributed by atoms with Crippen molar-refractivity contribution in [1.82, 2.24) is 5.32 Å². The van der Waals surface area contributed by atoms with Crippen LogP contribution in [0.1, 0.15) is 51.6 Å². The van der Waals surface area contributed by atoms with Crippen molar-refractivity contribution in [2.45, 2.75) is 51.6 Å². The molecule has 4 heteroatoms. The van der Waals surface area contributed by atoms with Crippen molar-refractivity contribution in [3.63, 3.8) is 0 Å². The molecule has 0 radical (unpaired) electrons. The highest BCUT2D eigenvalue weighted by Gasteiger charge is 2.31. The maximum absolute atomic E-state index is 12.3. The van der Waals surface area contributed by atoms with E-state index in [1.807, 2.05) is 45.0 Å². The Hall–Kier alpha value is -1.55. The maximum atomic E-state index is 12.3. The summed E-state index contributed by atoms with van der Waals surface area (Å²) in [6.45, 7) is 5.93. The Labute approximate surface area is 121 Å². The molecule has 0 saturated carbocycles. The minimum Gasteiger partial charge on any atom is -0.497 e. The number of benzene rings is 1. The third-order valence-electron chi connectivity index (χ3n) is 3.95. The van der Waals surface area contributed by atoms with Gasteiger partial charge in [-0.25, -0.2) is 0 Å². The average Bonchev–Trinajstić information content (AvgIpc) is 2.51. The second-order valence-electron chi connectivity index (χ2n) is 5.07. The number of nitrogens with one attached hydrogen (secondary N) is 1. The molecule has 20 heavy (non-hydrogen) atoms. The molecule has 1 amide bonds. The van der Waals surface area contributed by atoms with Gasteiger partial charge in [-0.3, -0.25) is 4.79 Å². The van der Waals surface area contributed by atoms with Gasteiger partial charge in [0, 0.05) is 0 Å². The Morgan fingerprint density at radius 2 is 1.80 bits per heavy atom. The fraction of sp³-hybridized carbons (Fsp3) is 0.562. The molecule has 1 aromatic carbocycles. The first-order chi connectivity index (χ1) is 9.50. The number of rotatable bonds is 7. The standard InChI is InChI=1S/C16H26N2O2/c1-5-14(12-8-10-13(20-4)11-9-12)18-15(19)16(17,6-2)7-3/h8-11,14H,5-7,17H2,1-4H3,(H,18,19). The lowest BCUT2D eigenvalue weighted by molar-refractivity contribution is -0.127. The van der Waals surface area contributed by atoms with Crippen LogP contribution >= 0.6 is 0 Å². The molecule has 0 heterocycles. The summed E-state index contributed by atoms with van der Waals surface area (Å²) in [6, 6.07) is 7.74. The summed E-state index contributed by atoms with van der Waals surface area (Å²) in [7, 11) is 1.64. The normalized spacial score (nSPS) is 12.8. The van der Waals surface area contributed by atoms with Crippen molar-refractivity contribution < 1.29 is 9.53 Å². The van der Waals surface area contributed by atoms with E-state index in [1.165, 1.54) is 0 Å². The highest BCUT2D eigenvalue weighted by Crippen LogP contribution is 2.21. The molecule has 0 fully saturated rings. The van der Waals surface area contributed by atoms with E-state index in [0.29, 0.717) is 12.8 Å². The molecule has 0 aliphatic rings. The second kappa shape index (κ2) is 7.29. The van der Waals surface area contributed by atoms with E-state index < -0.39 is 5.54 Å². The number of hydrogen-bond acceptors (Lipinski definition) is 3. The molecular formula is C16H26N2O2. The summed E-state index contributed by atoms with van der Waals surface area (Å²) in [5.74, 6) is 0.732. The van der Waals surface area contributed by atoms with Crippen LogP contribution < -0.4 is 15.8 Å². The third kappa shape index (κ3) is 3.73. The average molecular weight is 278 g/mol. The number of nitrogens with two attached hydrogens (primary N) is 1. The zero-order valence-corrected chi connectivity index (χ0v) is 12.9. The number of methoxy groups -OCH3 is 1. The van der Waals surface area contributed by atoms with Crippen molar-refractivity contribution in [3.05, 3.63) is 29.8 Å². The van der Waals surface area contributed by atoms with Gasteiger partial charge in [0.15, 0.2) is 0 Å².